The molecule has 0 saturated heterocycles. The molecule has 112 valence electrons. The van der Waals surface area contributed by atoms with E-state index in [4.69, 9.17) is 0 Å². The van der Waals surface area contributed by atoms with Crippen molar-refractivity contribution in [2.45, 2.75) is 53.4 Å². The molecule has 0 aromatic rings. The topological polar surface area (TPSA) is 69.6 Å². The molecule has 0 spiro atoms. The average molecular weight is 272 g/mol. The van der Waals surface area contributed by atoms with Gasteiger partial charge in [0, 0.05) is 19.6 Å². The van der Waals surface area contributed by atoms with Crippen LogP contribution >= 0.6 is 0 Å². The van der Waals surface area contributed by atoms with Crippen molar-refractivity contribution in [2.75, 3.05) is 19.6 Å². The number of carboxylic acids is 1. The molecule has 0 aromatic heterocycles. The van der Waals surface area contributed by atoms with Crippen molar-refractivity contribution in [3.05, 3.63) is 0 Å². The fourth-order valence-electron chi connectivity index (χ4n) is 1.99. The van der Waals surface area contributed by atoms with Crippen LogP contribution in [0.4, 0.5) is 4.79 Å². The zero-order valence-corrected chi connectivity index (χ0v) is 12.7. The number of amides is 2. The predicted octanol–water partition coefficient (Wildman–Crippen LogP) is 2.71. The maximum absolute atomic E-state index is 12.0. The Hall–Kier alpha value is -1.26. The maximum atomic E-state index is 12.0. The lowest BCUT2D eigenvalue weighted by Gasteiger charge is -2.29. The van der Waals surface area contributed by atoms with Crippen molar-refractivity contribution < 1.29 is 14.7 Å². The van der Waals surface area contributed by atoms with Gasteiger partial charge in [0.25, 0.3) is 0 Å². The molecule has 0 heterocycles. The van der Waals surface area contributed by atoms with Crippen molar-refractivity contribution in [1.82, 2.24) is 10.2 Å². The molecule has 0 saturated carbocycles. The predicted molar refractivity (Wildman–Crippen MR) is 76.2 cm³/mol. The summed E-state index contributed by atoms with van der Waals surface area (Å²) in [5.41, 5.74) is -0.847. The van der Waals surface area contributed by atoms with Crippen LogP contribution in [0.15, 0.2) is 0 Å². The second-order valence-electron chi connectivity index (χ2n) is 4.88. The number of hydrogen-bond donors (Lipinski definition) is 2. The number of urea groups is 1. The molecule has 0 fully saturated rings. The van der Waals surface area contributed by atoms with Gasteiger partial charge in [-0.3, -0.25) is 4.79 Å². The third-order valence-corrected chi connectivity index (χ3v) is 3.84. The minimum absolute atomic E-state index is 0.163. The van der Waals surface area contributed by atoms with Crippen molar-refractivity contribution in [1.29, 1.82) is 0 Å². The van der Waals surface area contributed by atoms with Crippen LogP contribution in [0.5, 0.6) is 0 Å². The Labute approximate surface area is 116 Å². The number of hydrogen-bond acceptors (Lipinski definition) is 2. The van der Waals surface area contributed by atoms with Crippen LogP contribution in [-0.4, -0.2) is 41.6 Å². The van der Waals surface area contributed by atoms with E-state index >= 15 is 0 Å². The Kier molecular flexibility index (Phi) is 8.19. The summed E-state index contributed by atoms with van der Waals surface area (Å²) in [4.78, 5) is 25.1. The van der Waals surface area contributed by atoms with Crippen molar-refractivity contribution >= 4 is 12.0 Å². The number of carboxylic acid groups (broad SMARTS) is 1. The highest BCUT2D eigenvalue weighted by Crippen LogP contribution is 2.25. The molecule has 0 atom stereocenters. The first kappa shape index (κ1) is 17.7. The van der Waals surface area contributed by atoms with Gasteiger partial charge < -0.3 is 15.3 Å². The average Bonchev–Trinajstić information content (AvgIpc) is 2.41. The Morgan fingerprint density at radius 1 is 1.16 bits per heavy atom. The highest BCUT2D eigenvalue weighted by atomic mass is 16.4. The molecule has 5 heteroatoms. The standard InChI is InChI=1S/C14H28N2O3/c1-5-9-10-16(8-4)13(19)15-11-14(6-2,7-3)12(17)18/h5-11H2,1-4H3,(H,15,19)(H,17,18). The third-order valence-electron chi connectivity index (χ3n) is 3.84. The van der Waals surface area contributed by atoms with Gasteiger partial charge in [-0.15, -0.1) is 0 Å². The van der Waals surface area contributed by atoms with E-state index in [1.54, 1.807) is 4.90 Å². The first-order chi connectivity index (χ1) is 8.97. The summed E-state index contributed by atoms with van der Waals surface area (Å²) in [7, 11) is 0. The summed E-state index contributed by atoms with van der Waals surface area (Å²) < 4.78 is 0. The van der Waals surface area contributed by atoms with Crippen LogP contribution in [0.1, 0.15) is 53.4 Å². The van der Waals surface area contributed by atoms with Gasteiger partial charge in [-0.05, 0) is 26.2 Å². The molecule has 0 aromatic carbocycles. The Balaban J connectivity index is 4.50. The van der Waals surface area contributed by atoms with E-state index in [-0.39, 0.29) is 12.6 Å². The lowest BCUT2D eigenvalue weighted by atomic mass is 9.82. The van der Waals surface area contributed by atoms with Gasteiger partial charge in [-0.25, -0.2) is 4.79 Å². The van der Waals surface area contributed by atoms with Crippen molar-refractivity contribution in [2.24, 2.45) is 5.41 Å². The van der Waals surface area contributed by atoms with Gasteiger partial charge in [0.15, 0.2) is 0 Å². The molecule has 5 nitrogen and oxygen atoms in total. The molecule has 0 radical (unpaired) electrons. The number of nitrogens with one attached hydrogen (secondary N) is 1. The molecule has 0 bridgehead atoms. The van der Waals surface area contributed by atoms with E-state index in [0.717, 1.165) is 19.4 Å². The van der Waals surface area contributed by atoms with Gasteiger partial charge >= 0.3 is 12.0 Å². The van der Waals surface area contributed by atoms with Crippen molar-refractivity contribution in [3.63, 3.8) is 0 Å². The molecule has 2 N–H and O–H groups in total. The van der Waals surface area contributed by atoms with E-state index in [1.807, 2.05) is 20.8 Å². The number of carbonyl (C=O) groups is 2. The Bertz CT molecular complexity index is 288. The molecule has 19 heavy (non-hydrogen) atoms. The fraction of sp³-hybridized carbons (Fsp3) is 0.857. The van der Waals surface area contributed by atoms with Crippen LogP contribution < -0.4 is 5.32 Å². The molecular formula is C14H28N2O3. The first-order valence-corrected chi connectivity index (χ1v) is 7.23. The maximum Gasteiger partial charge on any atom is 0.317 e. The summed E-state index contributed by atoms with van der Waals surface area (Å²) in [6, 6.07) is -0.163. The quantitative estimate of drug-likeness (QED) is 0.678. The largest absolute Gasteiger partial charge is 0.481 e. The molecule has 2 amide bonds. The zero-order chi connectivity index (χ0) is 14.9. The lowest BCUT2D eigenvalue weighted by molar-refractivity contribution is -0.149. The highest BCUT2D eigenvalue weighted by Gasteiger charge is 2.35. The van der Waals surface area contributed by atoms with Gasteiger partial charge in [0.2, 0.25) is 0 Å². The molecule has 0 unspecified atom stereocenters. The van der Waals surface area contributed by atoms with Gasteiger partial charge in [-0.1, -0.05) is 27.2 Å². The van der Waals surface area contributed by atoms with Gasteiger partial charge in [0.1, 0.15) is 0 Å². The number of unbranched alkanes of at least 4 members (excludes halogenated alkanes) is 1. The minimum Gasteiger partial charge on any atom is -0.481 e. The van der Waals surface area contributed by atoms with Crippen LogP contribution in [0.25, 0.3) is 0 Å². The number of aliphatic carboxylic acids is 1. The number of rotatable bonds is 9. The van der Waals surface area contributed by atoms with E-state index in [2.05, 4.69) is 12.2 Å². The summed E-state index contributed by atoms with van der Waals surface area (Å²) >= 11 is 0. The number of nitrogens with zero attached hydrogens (tertiary/aromatic N) is 1. The van der Waals surface area contributed by atoms with E-state index in [1.165, 1.54) is 0 Å². The monoisotopic (exact) mass is 272 g/mol. The van der Waals surface area contributed by atoms with Gasteiger partial charge in [-0.2, -0.15) is 0 Å². The molecule has 0 aliphatic heterocycles. The molecule has 0 aliphatic rings. The summed E-state index contributed by atoms with van der Waals surface area (Å²) in [5, 5.41) is 12.1. The van der Waals surface area contributed by atoms with Crippen LogP contribution in [-0.2, 0) is 4.79 Å². The highest BCUT2D eigenvalue weighted by molar-refractivity contribution is 5.78. The second kappa shape index (κ2) is 8.77. The summed E-state index contributed by atoms with van der Waals surface area (Å²) in [5.74, 6) is -0.839. The van der Waals surface area contributed by atoms with E-state index < -0.39 is 11.4 Å². The fourth-order valence-corrected chi connectivity index (χ4v) is 1.99. The number of carbonyl (C=O) groups excluding carboxylic acids is 1. The SMILES string of the molecule is CCCCN(CC)C(=O)NCC(CC)(CC)C(=O)O. The second-order valence-corrected chi connectivity index (χ2v) is 4.88. The Morgan fingerprint density at radius 2 is 1.74 bits per heavy atom. The minimum atomic E-state index is -0.847. The summed E-state index contributed by atoms with van der Waals surface area (Å²) in [6.45, 7) is 9.25. The van der Waals surface area contributed by atoms with E-state index in [0.29, 0.717) is 19.4 Å². The molecular weight excluding hydrogens is 244 g/mol. The van der Waals surface area contributed by atoms with E-state index in [9.17, 15) is 14.7 Å². The molecule has 0 rings (SSSR count). The van der Waals surface area contributed by atoms with Gasteiger partial charge in [0.05, 0.1) is 5.41 Å². The van der Waals surface area contributed by atoms with Crippen molar-refractivity contribution in [3.8, 4) is 0 Å². The first-order valence-electron chi connectivity index (χ1n) is 7.23. The van der Waals surface area contributed by atoms with Crippen LogP contribution in [0, 0.1) is 5.41 Å². The molecule has 0 aliphatic carbocycles. The summed E-state index contributed by atoms with van der Waals surface area (Å²) in [6.07, 6.45) is 3.03. The Morgan fingerprint density at radius 3 is 2.11 bits per heavy atom. The third kappa shape index (κ3) is 5.09. The smallest absolute Gasteiger partial charge is 0.317 e. The van der Waals surface area contributed by atoms with Crippen LogP contribution in [0.3, 0.4) is 0 Å². The zero-order valence-electron chi connectivity index (χ0n) is 12.7. The lowest BCUT2D eigenvalue weighted by Crippen LogP contribution is -2.47. The van der Waals surface area contributed by atoms with Crippen LogP contribution in [0.2, 0.25) is 0 Å². The normalized spacial score (nSPS) is 11.2.